The maximum Gasteiger partial charge on any atom is 0.0786 e. The van der Waals surface area contributed by atoms with Crippen molar-refractivity contribution in [3.8, 4) is 0 Å². The van der Waals surface area contributed by atoms with Crippen LogP contribution >= 0.6 is 11.8 Å². The molecule has 0 unspecified atom stereocenters. The Bertz CT molecular complexity index is 1250. The van der Waals surface area contributed by atoms with Crippen LogP contribution in [0, 0.1) is 0 Å². The second-order valence-electron chi connectivity index (χ2n) is 20.6. The number of carboxylic acid groups (broad SMARTS) is 2. The average molecular weight is 982 g/mol. The third kappa shape index (κ3) is 34.6. The Kier molecular flexibility index (Phi) is 45.1. The largest absolute Gasteiger partial charge is 0.545 e. The van der Waals surface area contributed by atoms with Gasteiger partial charge in [-0.15, -0.1) is 0 Å². The quantitative estimate of drug-likeness (QED) is 0.0488. The maximum absolute atomic E-state index is 11.0. The minimum atomic E-state index is -1.30. The molecule has 0 spiro atoms. The molecule has 2 aromatic rings. The highest BCUT2D eigenvalue weighted by Crippen LogP contribution is 2.32. The predicted octanol–water partition coefficient (Wildman–Crippen LogP) is 16.8. The fourth-order valence-electron chi connectivity index (χ4n) is 9.90. The number of unbranched alkanes of at least 4 members (excludes halogenated alkanes) is 24. The van der Waals surface area contributed by atoms with E-state index in [0.29, 0.717) is 9.79 Å². The molecule has 0 atom stereocenters. The van der Waals surface area contributed by atoms with E-state index in [2.05, 4.69) is 55.4 Å². The summed E-state index contributed by atoms with van der Waals surface area (Å²) in [5.41, 5.74) is 0.0568. The number of hydrogen-bond donors (Lipinski definition) is 0. The molecule has 0 aliphatic rings. The van der Waals surface area contributed by atoms with Gasteiger partial charge in [-0.3, -0.25) is 0 Å². The lowest BCUT2D eigenvalue weighted by molar-refractivity contribution is -0.929. The summed E-state index contributed by atoms with van der Waals surface area (Å²) in [6.45, 7) is 30.4. The molecule has 2 aromatic carbocycles. The molecule has 69 heavy (non-hydrogen) atoms. The summed E-state index contributed by atoms with van der Waals surface area (Å²) in [7, 11) is 0. The summed E-state index contributed by atoms with van der Waals surface area (Å²) in [6, 6.07) is 12.6. The molecular formula is C62H112N2O4S. The SMILES string of the molecule is CCCCCC[N+](CCCCCC)(CCCCCC)CCCCCC.CCCCCC[N+](CCCCCC)(CCCCCC)CCCCCC.O=C([O-])c1ccccc1Sc1ccccc1C(=O)[O-]. The molecule has 0 aromatic heterocycles. The Morgan fingerprint density at radius 2 is 0.507 bits per heavy atom. The van der Waals surface area contributed by atoms with Gasteiger partial charge in [0.2, 0.25) is 0 Å². The summed E-state index contributed by atoms with van der Waals surface area (Å²) >= 11 is 1.06. The second kappa shape index (κ2) is 46.7. The molecule has 2 rings (SSSR count). The molecule has 0 amide bonds. The summed E-state index contributed by atoms with van der Waals surface area (Å²) in [5, 5.41) is 22.0. The van der Waals surface area contributed by atoms with Crippen molar-refractivity contribution in [2.75, 3.05) is 52.4 Å². The zero-order valence-corrected chi connectivity index (χ0v) is 47.7. The number of benzene rings is 2. The van der Waals surface area contributed by atoms with Gasteiger partial charge in [-0.1, -0.05) is 206 Å². The number of quaternary nitrogens is 2. The first kappa shape index (κ1) is 66.7. The van der Waals surface area contributed by atoms with Crippen molar-refractivity contribution in [3.05, 3.63) is 59.7 Å². The van der Waals surface area contributed by atoms with Gasteiger partial charge in [0.1, 0.15) is 0 Å². The minimum absolute atomic E-state index is 0.0284. The van der Waals surface area contributed by atoms with E-state index in [9.17, 15) is 19.8 Å². The van der Waals surface area contributed by atoms with Crippen LogP contribution in [0.15, 0.2) is 58.3 Å². The molecule has 0 aliphatic heterocycles. The van der Waals surface area contributed by atoms with E-state index in [1.54, 1.807) is 36.4 Å². The molecular weight excluding hydrogens is 869 g/mol. The van der Waals surface area contributed by atoms with Gasteiger partial charge in [-0.25, -0.2) is 0 Å². The molecule has 0 heterocycles. The Labute approximate surface area is 433 Å². The fraction of sp³-hybridized carbons (Fsp3) is 0.774. The molecule has 400 valence electrons. The van der Waals surface area contributed by atoms with E-state index in [4.69, 9.17) is 0 Å². The first-order chi connectivity index (χ1) is 33.6. The predicted molar refractivity (Wildman–Crippen MR) is 298 cm³/mol. The van der Waals surface area contributed by atoms with Gasteiger partial charge in [0.05, 0.1) is 64.3 Å². The Morgan fingerprint density at radius 1 is 0.319 bits per heavy atom. The third-order valence-electron chi connectivity index (χ3n) is 14.3. The highest BCUT2D eigenvalue weighted by atomic mass is 32.2. The van der Waals surface area contributed by atoms with Crippen LogP contribution < -0.4 is 10.2 Å². The van der Waals surface area contributed by atoms with E-state index >= 15 is 0 Å². The zero-order valence-electron chi connectivity index (χ0n) is 46.8. The van der Waals surface area contributed by atoms with Crippen molar-refractivity contribution in [2.45, 2.75) is 271 Å². The average Bonchev–Trinajstić information content (AvgIpc) is 3.35. The summed E-state index contributed by atoms with van der Waals surface area (Å²) < 4.78 is 2.92. The molecule has 7 heteroatoms. The van der Waals surface area contributed by atoms with E-state index in [0.717, 1.165) is 11.8 Å². The van der Waals surface area contributed by atoms with Gasteiger partial charge >= 0.3 is 0 Å². The number of carbonyl (C=O) groups is 2. The van der Waals surface area contributed by atoms with Crippen molar-refractivity contribution in [1.82, 2.24) is 0 Å². The molecule has 0 saturated heterocycles. The molecule has 0 fully saturated rings. The van der Waals surface area contributed by atoms with Crippen molar-refractivity contribution in [1.29, 1.82) is 0 Å². The van der Waals surface area contributed by atoms with Crippen LogP contribution in [-0.2, 0) is 0 Å². The van der Waals surface area contributed by atoms with Crippen molar-refractivity contribution in [3.63, 3.8) is 0 Å². The van der Waals surface area contributed by atoms with Crippen LogP contribution in [0.3, 0.4) is 0 Å². The van der Waals surface area contributed by atoms with Crippen molar-refractivity contribution >= 4 is 23.7 Å². The van der Waals surface area contributed by atoms with E-state index in [1.807, 2.05) is 0 Å². The van der Waals surface area contributed by atoms with E-state index in [1.165, 1.54) is 279 Å². The van der Waals surface area contributed by atoms with Crippen LogP contribution in [0.2, 0.25) is 0 Å². The lowest BCUT2D eigenvalue weighted by atomic mass is 10.1. The molecule has 0 saturated carbocycles. The summed E-state index contributed by atoms with van der Waals surface area (Å²) in [4.78, 5) is 22.8. The minimum Gasteiger partial charge on any atom is -0.545 e. The van der Waals surface area contributed by atoms with Crippen LogP contribution in [0.25, 0.3) is 0 Å². The lowest BCUT2D eigenvalue weighted by Crippen LogP contribution is -2.50. The van der Waals surface area contributed by atoms with Crippen LogP contribution in [-0.4, -0.2) is 73.3 Å². The smallest absolute Gasteiger partial charge is 0.0786 e. The topological polar surface area (TPSA) is 80.3 Å². The normalized spacial score (nSPS) is 11.5. The van der Waals surface area contributed by atoms with Crippen LogP contribution in [0.1, 0.15) is 282 Å². The summed E-state index contributed by atoms with van der Waals surface area (Å²) in [6.07, 6.45) is 45.7. The van der Waals surface area contributed by atoms with Gasteiger partial charge in [0.15, 0.2) is 0 Å². The maximum atomic E-state index is 11.0. The van der Waals surface area contributed by atoms with Gasteiger partial charge in [-0.05, 0) is 115 Å². The Balaban J connectivity index is 0.00000101. The first-order valence-corrected chi connectivity index (χ1v) is 30.4. The Morgan fingerprint density at radius 3 is 0.681 bits per heavy atom. The van der Waals surface area contributed by atoms with E-state index < -0.39 is 11.9 Å². The number of hydrogen-bond acceptors (Lipinski definition) is 5. The molecule has 0 radical (unpaired) electrons. The molecule has 0 aliphatic carbocycles. The lowest BCUT2D eigenvalue weighted by Gasteiger charge is -2.39. The molecule has 0 bridgehead atoms. The number of nitrogens with zero attached hydrogens (tertiary/aromatic N) is 2. The van der Waals surface area contributed by atoms with Gasteiger partial charge in [0, 0.05) is 20.9 Å². The number of aromatic carboxylic acids is 2. The number of carbonyl (C=O) groups excluding carboxylic acids is 2. The molecule has 0 N–H and O–H groups in total. The van der Waals surface area contributed by atoms with Gasteiger partial charge < -0.3 is 28.8 Å². The molecule has 6 nitrogen and oxygen atoms in total. The van der Waals surface area contributed by atoms with Gasteiger partial charge in [-0.2, -0.15) is 0 Å². The van der Waals surface area contributed by atoms with Gasteiger partial charge in [0.25, 0.3) is 0 Å². The van der Waals surface area contributed by atoms with Crippen molar-refractivity contribution < 1.29 is 28.8 Å². The highest BCUT2D eigenvalue weighted by Gasteiger charge is 2.27. The highest BCUT2D eigenvalue weighted by molar-refractivity contribution is 7.99. The Hall–Kier alpha value is -2.35. The summed E-state index contributed by atoms with van der Waals surface area (Å²) in [5.74, 6) is -2.59. The zero-order chi connectivity index (χ0) is 51.1. The monoisotopic (exact) mass is 981 g/mol. The second-order valence-corrected chi connectivity index (χ2v) is 21.7. The van der Waals surface area contributed by atoms with Crippen LogP contribution in [0.4, 0.5) is 0 Å². The van der Waals surface area contributed by atoms with Crippen LogP contribution in [0.5, 0.6) is 0 Å². The number of rotatable bonds is 44. The van der Waals surface area contributed by atoms with E-state index in [-0.39, 0.29) is 11.1 Å². The fourth-order valence-corrected chi connectivity index (χ4v) is 11.0. The third-order valence-corrected chi connectivity index (χ3v) is 15.5. The van der Waals surface area contributed by atoms with Crippen molar-refractivity contribution in [2.24, 2.45) is 0 Å². The standard InChI is InChI=1S/2C24H52N.C14H10O4S/c2*1-5-9-13-17-21-25(22-18-14-10-6-2,23-19-15-11-7-3)24-20-16-12-8-4;15-13(16)9-5-1-3-7-11(9)19-12-8-4-2-6-10(12)14(17)18/h2*5-24H2,1-4H3;1-8H,(H,15,16)(H,17,18)/q2*+1;/p-2. The first-order valence-electron chi connectivity index (χ1n) is 29.6. The number of carboxylic acids is 2.